The van der Waals surface area contributed by atoms with E-state index in [9.17, 15) is 0 Å². The van der Waals surface area contributed by atoms with E-state index >= 15 is 0 Å². The Morgan fingerprint density at radius 3 is 2.57 bits per heavy atom. The van der Waals surface area contributed by atoms with Gasteiger partial charge in [-0.1, -0.05) is 15.9 Å². The van der Waals surface area contributed by atoms with E-state index in [1.807, 2.05) is 11.8 Å². The Balaban J connectivity index is 2.40. The molecule has 1 rings (SSSR count). The van der Waals surface area contributed by atoms with Gasteiger partial charge in [-0.15, -0.1) is 0 Å². The normalized spacial score (nSPS) is 42.0. The van der Waals surface area contributed by atoms with E-state index in [4.69, 9.17) is 0 Å². The lowest BCUT2D eigenvalue weighted by Crippen LogP contribution is -2.11. The summed E-state index contributed by atoms with van der Waals surface area (Å²) in [5.41, 5.74) is 0. The first-order chi connectivity index (χ1) is 3.21. The Morgan fingerprint density at radius 2 is 2.43 bits per heavy atom. The minimum Gasteiger partial charge on any atom is -0.161 e. The van der Waals surface area contributed by atoms with Crippen LogP contribution in [-0.4, -0.2) is 15.8 Å². The average molecular weight is 181 g/mol. The summed E-state index contributed by atoms with van der Waals surface area (Å²) in [5, 5.41) is 0. The maximum atomic E-state index is 3.62. The zero-order chi connectivity index (χ0) is 5.33. The molecule has 1 aliphatic rings. The minimum atomic E-state index is 0.470. The van der Waals surface area contributed by atoms with Gasteiger partial charge in [0.1, 0.15) is 0 Å². The first kappa shape index (κ1) is 5.96. The predicted molar refractivity (Wildman–Crippen MR) is 39.3 cm³/mol. The molecular weight excluding hydrogens is 172 g/mol. The van der Waals surface area contributed by atoms with Crippen LogP contribution in [0.25, 0.3) is 0 Å². The fourth-order valence-electron chi connectivity index (χ4n) is 0.642. The van der Waals surface area contributed by atoms with Crippen LogP contribution in [0.1, 0.15) is 13.3 Å². The number of hydrogen-bond donors (Lipinski definition) is 0. The lowest BCUT2D eigenvalue weighted by Gasteiger charge is -2.09. The molecule has 0 aromatic heterocycles. The smallest absolute Gasteiger partial charge is 0.0327 e. The lowest BCUT2D eigenvalue weighted by molar-refractivity contribution is 0.747. The van der Waals surface area contributed by atoms with Crippen LogP contribution in [0.3, 0.4) is 0 Å². The van der Waals surface area contributed by atoms with Gasteiger partial charge in [0.15, 0.2) is 0 Å². The van der Waals surface area contributed by atoms with Gasteiger partial charge >= 0.3 is 0 Å². The monoisotopic (exact) mass is 180 g/mol. The third-order valence-electron chi connectivity index (χ3n) is 1.17. The van der Waals surface area contributed by atoms with Crippen LogP contribution in [0.4, 0.5) is 0 Å². The molecule has 42 valence electrons. The fraction of sp³-hybridized carbons (Fsp3) is 1.00. The summed E-state index contributed by atoms with van der Waals surface area (Å²) in [6.07, 6.45) is 1.33. The van der Waals surface area contributed by atoms with Crippen LogP contribution in [0, 0.1) is 0 Å². The standard InChI is InChI=1S/C5H9BrS/c1-5(6)2-3-7-4-5/h2-4H2,1H3. The van der Waals surface area contributed by atoms with Crippen molar-refractivity contribution in [3.05, 3.63) is 0 Å². The molecule has 0 bridgehead atoms. The van der Waals surface area contributed by atoms with Crippen LogP contribution in [0.15, 0.2) is 0 Å². The zero-order valence-electron chi connectivity index (χ0n) is 4.41. The summed E-state index contributed by atoms with van der Waals surface area (Å²) in [4.78, 5) is 0. The second kappa shape index (κ2) is 1.98. The van der Waals surface area contributed by atoms with Gasteiger partial charge in [-0.3, -0.25) is 0 Å². The van der Waals surface area contributed by atoms with Gasteiger partial charge in [0.2, 0.25) is 0 Å². The van der Waals surface area contributed by atoms with E-state index in [0.29, 0.717) is 4.32 Å². The SMILES string of the molecule is CC1(Br)CCSC1. The van der Waals surface area contributed by atoms with Crippen molar-refractivity contribution in [1.82, 2.24) is 0 Å². The largest absolute Gasteiger partial charge is 0.161 e. The molecule has 2 heteroatoms. The van der Waals surface area contributed by atoms with Crippen molar-refractivity contribution < 1.29 is 0 Å². The van der Waals surface area contributed by atoms with Crippen molar-refractivity contribution in [1.29, 1.82) is 0 Å². The number of alkyl halides is 1. The molecular formula is C5H9BrS. The van der Waals surface area contributed by atoms with Crippen LogP contribution >= 0.6 is 27.7 Å². The first-order valence-corrected chi connectivity index (χ1v) is 4.42. The maximum absolute atomic E-state index is 3.62. The number of thioether (sulfide) groups is 1. The van der Waals surface area contributed by atoms with Crippen molar-refractivity contribution in [2.24, 2.45) is 0 Å². The van der Waals surface area contributed by atoms with E-state index in [1.165, 1.54) is 17.9 Å². The predicted octanol–water partition coefficient (Wildman–Crippen LogP) is 2.28. The molecule has 0 spiro atoms. The molecule has 0 amide bonds. The number of halogens is 1. The molecule has 0 nitrogen and oxygen atoms in total. The van der Waals surface area contributed by atoms with E-state index in [-0.39, 0.29) is 0 Å². The highest BCUT2D eigenvalue weighted by Gasteiger charge is 2.24. The first-order valence-electron chi connectivity index (χ1n) is 2.47. The highest BCUT2D eigenvalue weighted by molar-refractivity contribution is 9.10. The third kappa shape index (κ3) is 1.65. The van der Waals surface area contributed by atoms with E-state index in [0.717, 1.165) is 0 Å². The van der Waals surface area contributed by atoms with E-state index < -0.39 is 0 Å². The second-order valence-corrected chi connectivity index (χ2v) is 5.24. The average Bonchev–Trinajstić information content (AvgIpc) is 1.84. The zero-order valence-corrected chi connectivity index (χ0v) is 6.81. The highest BCUT2D eigenvalue weighted by atomic mass is 79.9. The van der Waals surface area contributed by atoms with Gasteiger partial charge in [-0.05, 0) is 19.1 Å². The molecule has 0 aliphatic carbocycles. The van der Waals surface area contributed by atoms with Gasteiger partial charge in [0, 0.05) is 10.1 Å². The van der Waals surface area contributed by atoms with Crippen LogP contribution in [-0.2, 0) is 0 Å². The molecule has 1 unspecified atom stereocenters. The summed E-state index contributed by atoms with van der Waals surface area (Å²) in [7, 11) is 0. The summed E-state index contributed by atoms with van der Waals surface area (Å²) >= 11 is 5.66. The van der Waals surface area contributed by atoms with E-state index in [1.54, 1.807) is 0 Å². The maximum Gasteiger partial charge on any atom is 0.0327 e. The number of hydrogen-bond acceptors (Lipinski definition) is 1. The van der Waals surface area contributed by atoms with Crippen molar-refractivity contribution in [3.8, 4) is 0 Å². The van der Waals surface area contributed by atoms with E-state index in [2.05, 4.69) is 22.9 Å². The molecule has 0 radical (unpaired) electrons. The molecule has 1 aliphatic heterocycles. The topological polar surface area (TPSA) is 0 Å². The van der Waals surface area contributed by atoms with Crippen molar-refractivity contribution in [2.45, 2.75) is 17.7 Å². The molecule has 1 fully saturated rings. The molecule has 0 aromatic rings. The molecule has 1 atom stereocenters. The summed E-state index contributed by atoms with van der Waals surface area (Å²) < 4.78 is 0.470. The molecule has 7 heavy (non-hydrogen) atoms. The van der Waals surface area contributed by atoms with Gasteiger partial charge in [-0.25, -0.2) is 0 Å². The lowest BCUT2D eigenvalue weighted by atomic mass is 10.2. The summed E-state index contributed by atoms with van der Waals surface area (Å²) in [5.74, 6) is 2.62. The Kier molecular flexibility index (Phi) is 1.68. The summed E-state index contributed by atoms with van der Waals surface area (Å²) in [6, 6.07) is 0. The summed E-state index contributed by atoms with van der Waals surface area (Å²) in [6.45, 7) is 2.26. The second-order valence-electron chi connectivity index (χ2n) is 2.22. The molecule has 1 saturated heterocycles. The van der Waals surface area contributed by atoms with Crippen LogP contribution in [0.2, 0.25) is 0 Å². The third-order valence-corrected chi connectivity index (χ3v) is 3.55. The van der Waals surface area contributed by atoms with Crippen LogP contribution < -0.4 is 0 Å². The van der Waals surface area contributed by atoms with Gasteiger partial charge in [0.25, 0.3) is 0 Å². The van der Waals surface area contributed by atoms with Crippen molar-refractivity contribution in [3.63, 3.8) is 0 Å². The van der Waals surface area contributed by atoms with Crippen LogP contribution in [0.5, 0.6) is 0 Å². The molecule has 0 aromatic carbocycles. The Bertz CT molecular complexity index is 62.5. The Labute approximate surface area is 57.2 Å². The number of rotatable bonds is 0. The molecule has 0 N–H and O–H groups in total. The Hall–Kier alpha value is 0.830. The van der Waals surface area contributed by atoms with Gasteiger partial charge < -0.3 is 0 Å². The fourth-order valence-corrected chi connectivity index (χ4v) is 2.90. The van der Waals surface area contributed by atoms with Gasteiger partial charge in [-0.2, -0.15) is 11.8 Å². The minimum absolute atomic E-state index is 0.470. The quantitative estimate of drug-likeness (QED) is 0.516. The Morgan fingerprint density at radius 1 is 1.71 bits per heavy atom. The van der Waals surface area contributed by atoms with Crippen molar-refractivity contribution >= 4 is 27.7 Å². The van der Waals surface area contributed by atoms with Gasteiger partial charge in [0.05, 0.1) is 0 Å². The molecule has 1 heterocycles. The van der Waals surface area contributed by atoms with Crippen molar-refractivity contribution in [2.75, 3.05) is 11.5 Å². The highest BCUT2D eigenvalue weighted by Crippen LogP contribution is 2.34. The molecule has 0 saturated carbocycles.